The van der Waals surface area contributed by atoms with Gasteiger partial charge in [0.15, 0.2) is 0 Å². The zero-order valence-corrected chi connectivity index (χ0v) is 14.3. The van der Waals surface area contributed by atoms with E-state index in [9.17, 15) is 0 Å². The lowest BCUT2D eigenvalue weighted by Crippen LogP contribution is -2.53. The second-order valence-corrected chi connectivity index (χ2v) is 7.54. The van der Waals surface area contributed by atoms with Crippen molar-refractivity contribution < 1.29 is 0 Å². The Bertz CT molecular complexity index is 410. The summed E-state index contributed by atoms with van der Waals surface area (Å²) in [7, 11) is 4.49. The summed E-state index contributed by atoms with van der Waals surface area (Å²) >= 11 is 7.77. The third-order valence-electron chi connectivity index (χ3n) is 4.10. The number of rotatable bonds is 5. The first kappa shape index (κ1) is 16.2. The van der Waals surface area contributed by atoms with Crippen LogP contribution in [0.1, 0.15) is 18.2 Å². The van der Waals surface area contributed by atoms with Crippen molar-refractivity contribution >= 4 is 22.9 Å². The van der Waals surface area contributed by atoms with Gasteiger partial charge in [0, 0.05) is 23.5 Å². The van der Waals surface area contributed by atoms with Crippen LogP contribution in [0.15, 0.2) is 12.1 Å². The minimum Gasteiger partial charge on any atom is -0.312 e. The van der Waals surface area contributed by atoms with Gasteiger partial charge in [-0.1, -0.05) is 18.5 Å². The highest BCUT2D eigenvalue weighted by atomic mass is 35.5. The van der Waals surface area contributed by atoms with E-state index in [-0.39, 0.29) is 0 Å². The molecule has 1 N–H and O–H groups in total. The van der Waals surface area contributed by atoms with Gasteiger partial charge in [-0.25, -0.2) is 0 Å². The molecule has 1 aliphatic heterocycles. The molecule has 2 unspecified atom stereocenters. The van der Waals surface area contributed by atoms with Gasteiger partial charge in [-0.2, -0.15) is 0 Å². The molecule has 0 radical (unpaired) electrons. The summed E-state index contributed by atoms with van der Waals surface area (Å²) in [5.74, 6) is 0. The molecule has 2 rings (SSSR count). The highest BCUT2D eigenvalue weighted by molar-refractivity contribution is 7.16. The summed E-state index contributed by atoms with van der Waals surface area (Å²) in [6, 6.07) is 5.22. The van der Waals surface area contributed by atoms with Crippen molar-refractivity contribution in [2.45, 2.75) is 31.8 Å². The number of thiophene rings is 1. The molecule has 114 valence electrons. The Morgan fingerprint density at radius 3 is 2.85 bits per heavy atom. The van der Waals surface area contributed by atoms with Gasteiger partial charge >= 0.3 is 0 Å². The molecular weight excluding hydrogens is 290 g/mol. The van der Waals surface area contributed by atoms with Crippen molar-refractivity contribution in [1.29, 1.82) is 0 Å². The summed E-state index contributed by atoms with van der Waals surface area (Å²) in [5, 5.41) is 3.68. The summed E-state index contributed by atoms with van der Waals surface area (Å²) < 4.78 is 0.890. The molecule has 20 heavy (non-hydrogen) atoms. The van der Waals surface area contributed by atoms with Crippen LogP contribution in [0.5, 0.6) is 0 Å². The Morgan fingerprint density at radius 2 is 2.20 bits per heavy atom. The van der Waals surface area contributed by atoms with Crippen molar-refractivity contribution in [2.24, 2.45) is 0 Å². The van der Waals surface area contributed by atoms with Gasteiger partial charge in [-0.3, -0.25) is 0 Å². The SMILES string of the molecule is CCNC(Cc1ccc(Cl)s1)C1CN(C)CCCN1C. The van der Waals surface area contributed by atoms with E-state index in [1.807, 2.05) is 6.07 Å². The van der Waals surface area contributed by atoms with Gasteiger partial charge in [-0.05, 0) is 58.7 Å². The lowest BCUT2D eigenvalue weighted by molar-refractivity contribution is 0.178. The van der Waals surface area contributed by atoms with E-state index in [0.717, 1.165) is 23.8 Å². The molecule has 0 spiro atoms. The molecular formula is C15H26ClN3S. The summed E-state index contributed by atoms with van der Waals surface area (Å²) in [6.45, 7) is 6.71. The molecule has 1 aromatic heterocycles. The predicted octanol–water partition coefficient (Wildman–Crippen LogP) is 2.56. The van der Waals surface area contributed by atoms with E-state index in [4.69, 9.17) is 11.6 Å². The molecule has 0 saturated carbocycles. The molecule has 5 heteroatoms. The van der Waals surface area contributed by atoms with E-state index < -0.39 is 0 Å². The second-order valence-electron chi connectivity index (χ2n) is 5.74. The van der Waals surface area contributed by atoms with Gasteiger partial charge in [0.25, 0.3) is 0 Å². The van der Waals surface area contributed by atoms with Gasteiger partial charge in [0.2, 0.25) is 0 Å². The smallest absolute Gasteiger partial charge is 0.0931 e. The number of hydrogen-bond acceptors (Lipinski definition) is 4. The third-order valence-corrected chi connectivity index (χ3v) is 5.35. The zero-order valence-electron chi connectivity index (χ0n) is 12.7. The first-order valence-electron chi connectivity index (χ1n) is 7.46. The minimum atomic E-state index is 0.486. The molecule has 2 heterocycles. The van der Waals surface area contributed by atoms with Crippen LogP contribution in [0.25, 0.3) is 0 Å². The fourth-order valence-corrected chi connectivity index (χ4v) is 4.17. The topological polar surface area (TPSA) is 18.5 Å². The van der Waals surface area contributed by atoms with Crippen molar-refractivity contribution in [1.82, 2.24) is 15.1 Å². The summed E-state index contributed by atoms with van der Waals surface area (Å²) in [6.07, 6.45) is 2.32. The van der Waals surface area contributed by atoms with E-state index >= 15 is 0 Å². The summed E-state index contributed by atoms with van der Waals surface area (Å²) in [4.78, 5) is 6.35. The van der Waals surface area contributed by atoms with E-state index in [2.05, 4.69) is 42.2 Å². The zero-order chi connectivity index (χ0) is 14.5. The molecule has 3 nitrogen and oxygen atoms in total. The lowest BCUT2D eigenvalue weighted by atomic mass is 10.0. The molecule has 2 atom stereocenters. The van der Waals surface area contributed by atoms with Crippen LogP contribution in [-0.4, -0.2) is 62.2 Å². The van der Waals surface area contributed by atoms with E-state index in [0.29, 0.717) is 12.1 Å². The molecule has 0 aliphatic carbocycles. The molecule has 0 amide bonds. The first-order chi connectivity index (χ1) is 9.60. The maximum Gasteiger partial charge on any atom is 0.0931 e. The molecule has 1 saturated heterocycles. The third kappa shape index (κ3) is 4.43. The predicted molar refractivity (Wildman–Crippen MR) is 89.0 cm³/mol. The fraction of sp³-hybridized carbons (Fsp3) is 0.733. The molecule has 1 aliphatic rings. The van der Waals surface area contributed by atoms with Gasteiger partial charge in [0.05, 0.1) is 4.34 Å². The van der Waals surface area contributed by atoms with Crippen LogP contribution >= 0.6 is 22.9 Å². The van der Waals surface area contributed by atoms with Crippen LogP contribution < -0.4 is 5.32 Å². The number of nitrogens with one attached hydrogen (secondary N) is 1. The standard InChI is InChI=1S/C15H26ClN3S/c1-4-17-13(10-12-6-7-15(16)20-12)14-11-18(2)8-5-9-19(14)3/h6-7,13-14,17H,4-5,8-11H2,1-3H3. The highest BCUT2D eigenvalue weighted by Crippen LogP contribution is 2.24. The van der Waals surface area contributed by atoms with Gasteiger partial charge < -0.3 is 15.1 Å². The van der Waals surface area contributed by atoms with Gasteiger partial charge in [0.1, 0.15) is 0 Å². The number of likely N-dealkylation sites (N-methyl/N-ethyl adjacent to an activating group) is 3. The van der Waals surface area contributed by atoms with Crippen LogP contribution in [0, 0.1) is 0 Å². The Hall–Kier alpha value is -0.130. The number of nitrogens with zero attached hydrogens (tertiary/aromatic N) is 2. The quantitative estimate of drug-likeness (QED) is 0.901. The van der Waals surface area contributed by atoms with Crippen molar-refractivity contribution in [3.63, 3.8) is 0 Å². The average Bonchev–Trinajstić information content (AvgIpc) is 2.72. The monoisotopic (exact) mass is 315 g/mol. The van der Waals surface area contributed by atoms with Gasteiger partial charge in [-0.15, -0.1) is 11.3 Å². The van der Waals surface area contributed by atoms with Crippen LogP contribution in [0.2, 0.25) is 4.34 Å². The Labute approximate surface area is 131 Å². The molecule has 1 aromatic rings. The molecule has 1 fully saturated rings. The average molecular weight is 316 g/mol. The number of halogens is 1. The second kappa shape index (κ2) is 7.76. The maximum atomic E-state index is 6.06. The normalized spacial score (nSPS) is 23.7. The molecule has 0 aromatic carbocycles. The minimum absolute atomic E-state index is 0.486. The number of hydrogen-bond donors (Lipinski definition) is 1. The molecule has 0 bridgehead atoms. The fourth-order valence-electron chi connectivity index (χ4n) is 3.02. The Balaban J connectivity index is 2.08. The maximum absolute atomic E-state index is 6.06. The van der Waals surface area contributed by atoms with Crippen molar-refractivity contribution in [2.75, 3.05) is 40.3 Å². The summed E-state index contributed by atoms with van der Waals surface area (Å²) in [5.41, 5.74) is 0. The van der Waals surface area contributed by atoms with Crippen molar-refractivity contribution in [3.05, 3.63) is 21.3 Å². The highest BCUT2D eigenvalue weighted by Gasteiger charge is 2.28. The lowest BCUT2D eigenvalue weighted by Gasteiger charge is -2.35. The Kier molecular flexibility index (Phi) is 6.30. The van der Waals surface area contributed by atoms with Crippen LogP contribution in [0.3, 0.4) is 0 Å². The van der Waals surface area contributed by atoms with Crippen molar-refractivity contribution in [3.8, 4) is 0 Å². The largest absolute Gasteiger partial charge is 0.312 e. The van der Waals surface area contributed by atoms with Crippen LogP contribution in [0.4, 0.5) is 0 Å². The van der Waals surface area contributed by atoms with E-state index in [1.165, 1.54) is 24.4 Å². The first-order valence-corrected chi connectivity index (χ1v) is 8.66. The Morgan fingerprint density at radius 1 is 1.40 bits per heavy atom. The van der Waals surface area contributed by atoms with E-state index in [1.54, 1.807) is 11.3 Å². The van der Waals surface area contributed by atoms with Crippen LogP contribution in [-0.2, 0) is 6.42 Å².